The van der Waals surface area contributed by atoms with Crippen molar-refractivity contribution in [2.24, 2.45) is 4.99 Å². The van der Waals surface area contributed by atoms with Gasteiger partial charge in [0.1, 0.15) is 5.75 Å². The number of nitrogens with zero attached hydrogens (tertiary/aromatic N) is 2. The Labute approximate surface area is 93.3 Å². The van der Waals surface area contributed by atoms with Crippen LogP contribution in [-0.4, -0.2) is 30.1 Å². The second-order valence-electron chi connectivity index (χ2n) is 3.50. The standard InChI is InChI=1S/C11H14N4O/c1-13-3-2-4-16-11-6-10-8(5-9(11)12)7-14-15-10/h5-7H,1-4,12H2,(H,14,15). The number of hydrogen-bond donors (Lipinski definition) is 2. The summed E-state index contributed by atoms with van der Waals surface area (Å²) in [5.74, 6) is 0.681. The fraction of sp³-hybridized carbons (Fsp3) is 0.273. The third-order valence-electron chi connectivity index (χ3n) is 2.29. The minimum Gasteiger partial charge on any atom is -0.491 e. The second kappa shape index (κ2) is 4.65. The van der Waals surface area contributed by atoms with E-state index >= 15 is 0 Å². The zero-order chi connectivity index (χ0) is 11.4. The van der Waals surface area contributed by atoms with Gasteiger partial charge in [-0.1, -0.05) is 0 Å². The Bertz CT molecular complexity index is 492. The molecule has 5 nitrogen and oxygen atoms in total. The lowest BCUT2D eigenvalue weighted by atomic mass is 10.2. The van der Waals surface area contributed by atoms with E-state index in [1.165, 1.54) is 0 Å². The molecule has 3 N–H and O–H groups in total. The van der Waals surface area contributed by atoms with Gasteiger partial charge in [0.2, 0.25) is 0 Å². The van der Waals surface area contributed by atoms with Crippen LogP contribution >= 0.6 is 0 Å². The van der Waals surface area contributed by atoms with Gasteiger partial charge >= 0.3 is 0 Å². The highest BCUT2D eigenvalue weighted by molar-refractivity contribution is 5.84. The van der Waals surface area contributed by atoms with Crippen molar-refractivity contribution in [3.8, 4) is 5.75 Å². The van der Waals surface area contributed by atoms with Gasteiger partial charge in [-0.3, -0.25) is 5.10 Å². The molecule has 0 aliphatic rings. The van der Waals surface area contributed by atoms with Crippen molar-refractivity contribution in [3.63, 3.8) is 0 Å². The number of rotatable bonds is 5. The summed E-state index contributed by atoms with van der Waals surface area (Å²) in [5.41, 5.74) is 7.41. The first-order valence-corrected chi connectivity index (χ1v) is 5.09. The van der Waals surface area contributed by atoms with Crippen molar-refractivity contribution < 1.29 is 4.74 Å². The molecule has 5 heteroatoms. The molecule has 0 unspecified atom stereocenters. The van der Waals surface area contributed by atoms with E-state index in [0.29, 0.717) is 24.6 Å². The minimum absolute atomic E-state index is 0.586. The van der Waals surface area contributed by atoms with Crippen molar-refractivity contribution in [3.05, 3.63) is 18.3 Å². The molecule has 0 spiro atoms. The average molecular weight is 218 g/mol. The topological polar surface area (TPSA) is 76.3 Å². The molecule has 0 radical (unpaired) electrons. The Hall–Kier alpha value is -2.04. The molecule has 1 aromatic heterocycles. The van der Waals surface area contributed by atoms with Gasteiger partial charge in [0.25, 0.3) is 0 Å². The Morgan fingerprint density at radius 2 is 2.38 bits per heavy atom. The molecule has 2 aromatic rings. The predicted octanol–water partition coefficient (Wildman–Crippen LogP) is 1.61. The van der Waals surface area contributed by atoms with E-state index in [1.807, 2.05) is 12.1 Å². The molecular weight excluding hydrogens is 204 g/mol. The molecule has 16 heavy (non-hydrogen) atoms. The van der Waals surface area contributed by atoms with Crippen LogP contribution in [0.5, 0.6) is 5.75 Å². The first kappa shape index (κ1) is 10.5. The van der Waals surface area contributed by atoms with Crippen LogP contribution in [0.1, 0.15) is 6.42 Å². The maximum absolute atomic E-state index is 5.86. The number of benzene rings is 1. The number of ether oxygens (including phenoxy) is 1. The summed E-state index contributed by atoms with van der Waals surface area (Å²) in [6.45, 7) is 4.70. The molecule has 1 aromatic carbocycles. The highest BCUT2D eigenvalue weighted by Gasteiger charge is 2.04. The number of aromatic amines is 1. The summed E-state index contributed by atoms with van der Waals surface area (Å²) in [4.78, 5) is 3.75. The van der Waals surface area contributed by atoms with Crippen LogP contribution in [0.3, 0.4) is 0 Å². The zero-order valence-corrected chi connectivity index (χ0v) is 8.94. The van der Waals surface area contributed by atoms with Crippen LogP contribution in [0.2, 0.25) is 0 Å². The molecule has 84 valence electrons. The quantitative estimate of drug-likeness (QED) is 0.455. The number of aromatic nitrogens is 2. The second-order valence-corrected chi connectivity index (χ2v) is 3.50. The van der Waals surface area contributed by atoms with Crippen molar-refractivity contribution in [1.29, 1.82) is 0 Å². The third kappa shape index (κ3) is 2.13. The molecule has 0 aliphatic heterocycles. The van der Waals surface area contributed by atoms with Crippen molar-refractivity contribution in [2.45, 2.75) is 6.42 Å². The molecule has 1 heterocycles. The largest absolute Gasteiger partial charge is 0.491 e. The Kier molecular flexibility index (Phi) is 3.05. The van der Waals surface area contributed by atoms with E-state index in [9.17, 15) is 0 Å². The van der Waals surface area contributed by atoms with E-state index in [0.717, 1.165) is 17.3 Å². The van der Waals surface area contributed by atoms with Gasteiger partial charge in [0.05, 0.1) is 24.0 Å². The molecule has 0 amide bonds. The van der Waals surface area contributed by atoms with Gasteiger partial charge in [0, 0.05) is 24.4 Å². The first-order valence-electron chi connectivity index (χ1n) is 5.09. The van der Waals surface area contributed by atoms with Crippen molar-refractivity contribution >= 4 is 23.3 Å². The number of fused-ring (bicyclic) bond motifs is 1. The summed E-state index contributed by atoms with van der Waals surface area (Å²) >= 11 is 0. The van der Waals surface area contributed by atoms with Crippen LogP contribution in [0.25, 0.3) is 10.9 Å². The summed E-state index contributed by atoms with van der Waals surface area (Å²) < 4.78 is 5.56. The van der Waals surface area contributed by atoms with Crippen LogP contribution < -0.4 is 10.5 Å². The van der Waals surface area contributed by atoms with E-state index in [1.54, 1.807) is 6.20 Å². The fourth-order valence-corrected chi connectivity index (χ4v) is 1.47. The number of nitrogens with two attached hydrogens (primary N) is 1. The molecule has 0 fully saturated rings. The normalized spacial score (nSPS) is 10.5. The SMILES string of the molecule is C=NCCCOc1cc2[nH]ncc2cc1N. The van der Waals surface area contributed by atoms with Crippen molar-refractivity contribution in [2.75, 3.05) is 18.9 Å². The summed E-state index contributed by atoms with van der Waals surface area (Å²) in [7, 11) is 0. The van der Waals surface area contributed by atoms with Crippen LogP contribution in [0, 0.1) is 0 Å². The van der Waals surface area contributed by atoms with E-state index in [2.05, 4.69) is 21.9 Å². The van der Waals surface area contributed by atoms with Crippen LogP contribution in [0.4, 0.5) is 5.69 Å². The highest BCUT2D eigenvalue weighted by Crippen LogP contribution is 2.26. The van der Waals surface area contributed by atoms with E-state index < -0.39 is 0 Å². The summed E-state index contributed by atoms with van der Waals surface area (Å²) in [6, 6.07) is 3.71. The van der Waals surface area contributed by atoms with Crippen LogP contribution in [-0.2, 0) is 0 Å². The number of hydrogen-bond acceptors (Lipinski definition) is 4. The smallest absolute Gasteiger partial charge is 0.144 e. The number of nitrogens with one attached hydrogen (secondary N) is 1. The third-order valence-corrected chi connectivity index (χ3v) is 2.29. The lowest BCUT2D eigenvalue weighted by Gasteiger charge is -2.08. The van der Waals surface area contributed by atoms with Gasteiger partial charge in [-0.05, 0) is 12.8 Å². The lowest BCUT2D eigenvalue weighted by Crippen LogP contribution is -2.01. The molecule has 0 saturated carbocycles. The monoisotopic (exact) mass is 218 g/mol. The average Bonchev–Trinajstić information content (AvgIpc) is 2.71. The highest BCUT2D eigenvalue weighted by atomic mass is 16.5. The summed E-state index contributed by atoms with van der Waals surface area (Å²) in [6.07, 6.45) is 2.57. The lowest BCUT2D eigenvalue weighted by molar-refractivity contribution is 0.315. The first-order chi connectivity index (χ1) is 7.81. The maximum Gasteiger partial charge on any atom is 0.144 e. The van der Waals surface area contributed by atoms with E-state index in [-0.39, 0.29) is 0 Å². The van der Waals surface area contributed by atoms with Gasteiger partial charge in [-0.25, -0.2) is 0 Å². The maximum atomic E-state index is 5.86. The zero-order valence-electron chi connectivity index (χ0n) is 8.94. The molecule has 2 rings (SSSR count). The van der Waals surface area contributed by atoms with Crippen molar-refractivity contribution in [1.82, 2.24) is 10.2 Å². The number of aliphatic imine (C=N–C) groups is 1. The molecular formula is C11H14N4O. The Balaban J connectivity index is 2.10. The van der Waals surface area contributed by atoms with Gasteiger partial charge < -0.3 is 15.5 Å². The number of H-pyrrole nitrogens is 1. The van der Waals surface area contributed by atoms with Crippen LogP contribution in [0.15, 0.2) is 23.3 Å². The summed E-state index contributed by atoms with van der Waals surface area (Å²) in [5, 5.41) is 7.79. The molecule has 0 atom stereocenters. The molecule has 0 saturated heterocycles. The Morgan fingerprint density at radius 1 is 1.50 bits per heavy atom. The fourth-order valence-electron chi connectivity index (χ4n) is 1.47. The van der Waals surface area contributed by atoms with Gasteiger partial charge in [-0.15, -0.1) is 0 Å². The minimum atomic E-state index is 0.586. The van der Waals surface area contributed by atoms with Gasteiger partial charge in [0.15, 0.2) is 0 Å². The van der Waals surface area contributed by atoms with E-state index in [4.69, 9.17) is 10.5 Å². The Morgan fingerprint density at radius 3 is 3.19 bits per heavy atom. The molecule has 0 bridgehead atoms. The number of nitrogen functional groups attached to an aromatic ring is 1. The van der Waals surface area contributed by atoms with Gasteiger partial charge in [-0.2, -0.15) is 5.10 Å². The molecule has 0 aliphatic carbocycles. The predicted molar refractivity (Wildman–Crippen MR) is 65.0 cm³/mol. The number of anilines is 1.